The molecule has 3 nitrogen and oxygen atoms in total. The van der Waals surface area contributed by atoms with Crippen molar-refractivity contribution in [2.75, 3.05) is 0 Å². The molecule has 0 atom stereocenters. The first-order valence-electron chi connectivity index (χ1n) is 9.17. The molecule has 0 aliphatic rings. The van der Waals surface area contributed by atoms with Gasteiger partial charge in [-0.3, -0.25) is 4.98 Å². The number of hydrogen-bond donors (Lipinski definition) is 0. The van der Waals surface area contributed by atoms with E-state index in [0.29, 0.717) is 6.04 Å². The highest BCUT2D eigenvalue weighted by Crippen LogP contribution is 2.37. The normalized spacial score (nSPS) is 11.5. The molecule has 1 aromatic carbocycles. The molecule has 3 rings (SSSR count). The van der Waals surface area contributed by atoms with Crippen molar-refractivity contribution in [2.24, 2.45) is 0 Å². The predicted octanol–water partition coefficient (Wildman–Crippen LogP) is 6.42. The van der Waals surface area contributed by atoms with Crippen molar-refractivity contribution in [2.45, 2.75) is 60.4 Å². The van der Waals surface area contributed by atoms with E-state index < -0.39 is 0 Å². The molecule has 132 valence electrons. The van der Waals surface area contributed by atoms with Gasteiger partial charge in [-0.2, -0.15) is 0 Å². The first-order valence-corrected chi connectivity index (χ1v) is 9.17. The summed E-state index contributed by atoms with van der Waals surface area (Å²) in [5.41, 5.74) is 5.86. The van der Waals surface area contributed by atoms with Crippen LogP contribution < -0.4 is 4.74 Å². The third-order valence-corrected chi connectivity index (χ3v) is 4.94. The van der Waals surface area contributed by atoms with Crippen molar-refractivity contribution in [1.82, 2.24) is 9.55 Å². The molecule has 0 spiro atoms. The van der Waals surface area contributed by atoms with Gasteiger partial charge in [0.25, 0.3) is 0 Å². The molecule has 0 radical (unpaired) electrons. The largest absolute Gasteiger partial charge is 0.440 e. The van der Waals surface area contributed by atoms with Crippen LogP contribution in [-0.2, 0) is 0 Å². The number of hydrogen-bond acceptors (Lipinski definition) is 2. The van der Waals surface area contributed by atoms with E-state index in [9.17, 15) is 0 Å². The van der Waals surface area contributed by atoms with Gasteiger partial charge in [0.05, 0.1) is 5.52 Å². The first-order chi connectivity index (χ1) is 11.9. The topological polar surface area (TPSA) is 27.1 Å². The number of pyridine rings is 1. The van der Waals surface area contributed by atoms with E-state index in [0.717, 1.165) is 35.6 Å². The maximum Gasteiger partial charge on any atom is 0.201 e. The van der Waals surface area contributed by atoms with Gasteiger partial charge in [-0.25, -0.2) is 0 Å². The second-order valence-electron chi connectivity index (χ2n) is 7.04. The van der Waals surface area contributed by atoms with Crippen molar-refractivity contribution in [3.63, 3.8) is 0 Å². The standard InChI is InChI=1S/C22H28N2O/c1-7-19(8-2)24-20-11-17(6)23-13-18(20)12-21(24)25-22-15(4)9-14(3)10-16(22)5/h9-13,19H,7-8H2,1-6H3. The fourth-order valence-corrected chi connectivity index (χ4v) is 3.74. The second kappa shape index (κ2) is 6.91. The van der Waals surface area contributed by atoms with Crippen LogP contribution >= 0.6 is 0 Å². The van der Waals surface area contributed by atoms with Crippen molar-refractivity contribution in [1.29, 1.82) is 0 Å². The number of fused-ring (bicyclic) bond motifs is 1. The average molecular weight is 336 g/mol. The summed E-state index contributed by atoms with van der Waals surface area (Å²) in [6.45, 7) is 12.9. The Morgan fingerprint density at radius 2 is 1.60 bits per heavy atom. The quantitative estimate of drug-likeness (QED) is 0.537. The third kappa shape index (κ3) is 3.28. The van der Waals surface area contributed by atoms with Crippen molar-refractivity contribution < 1.29 is 4.74 Å². The molecule has 2 heterocycles. The van der Waals surface area contributed by atoms with Gasteiger partial charge >= 0.3 is 0 Å². The van der Waals surface area contributed by atoms with Crippen LogP contribution in [-0.4, -0.2) is 9.55 Å². The number of nitrogens with zero attached hydrogens (tertiary/aromatic N) is 2. The molecule has 0 bridgehead atoms. The summed E-state index contributed by atoms with van der Waals surface area (Å²) in [6.07, 6.45) is 4.10. The number of aromatic nitrogens is 2. The molecule has 3 heteroatoms. The lowest BCUT2D eigenvalue weighted by atomic mass is 10.1. The van der Waals surface area contributed by atoms with Gasteiger partial charge in [0, 0.05) is 29.4 Å². The molecule has 0 saturated carbocycles. The Labute approximate surface area is 150 Å². The number of ether oxygens (including phenoxy) is 1. The Balaban J connectivity index is 2.17. The molecule has 0 aliphatic heterocycles. The first kappa shape index (κ1) is 17.5. The predicted molar refractivity (Wildman–Crippen MR) is 105 cm³/mol. The summed E-state index contributed by atoms with van der Waals surface area (Å²) >= 11 is 0. The molecular formula is C22H28N2O. The van der Waals surface area contributed by atoms with Crippen LogP contribution in [0.25, 0.3) is 10.9 Å². The lowest BCUT2D eigenvalue weighted by Gasteiger charge is -2.21. The monoisotopic (exact) mass is 336 g/mol. The van der Waals surface area contributed by atoms with Crippen LogP contribution in [0.2, 0.25) is 0 Å². The Morgan fingerprint density at radius 3 is 2.20 bits per heavy atom. The van der Waals surface area contributed by atoms with Gasteiger partial charge in [0.15, 0.2) is 0 Å². The van der Waals surface area contributed by atoms with Gasteiger partial charge in [0.1, 0.15) is 5.75 Å². The summed E-state index contributed by atoms with van der Waals surface area (Å²) in [4.78, 5) is 4.46. The number of rotatable bonds is 5. The molecule has 0 unspecified atom stereocenters. The summed E-state index contributed by atoms with van der Waals surface area (Å²) in [6, 6.07) is 9.06. The SMILES string of the molecule is CCC(CC)n1c(Oc2c(C)cc(C)cc2C)cc2cnc(C)cc21. The lowest BCUT2D eigenvalue weighted by Crippen LogP contribution is -2.09. The minimum Gasteiger partial charge on any atom is -0.440 e. The molecule has 0 amide bonds. The van der Waals surface area contributed by atoms with Gasteiger partial charge in [0.2, 0.25) is 5.88 Å². The van der Waals surface area contributed by atoms with Crippen LogP contribution in [0.3, 0.4) is 0 Å². The minimum atomic E-state index is 0.417. The van der Waals surface area contributed by atoms with Crippen molar-refractivity contribution in [3.8, 4) is 11.6 Å². The van der Waals surface area contributed by atoms with E-state index in [1.807, 2.05) is 13.1 Å². The molecule has 0 saturated heterocycles. The average Bonchev–Trinajstić information content (AvgIpc) is 2.90. The number of aryl methyl sites for hydroxylation is 4. The van der Waals surface area contributed by atoms with E-state index in [1.54, 1.807) is 0 Å². The fourth-order valence-electron chi connectivity index (χ4n) is 3.74. The molecule has 25 heavy (non-hydrogen) atoms. The van der Waals surface area contributed by atoms with Crippen LogP contribution in [0.1, 0.15) is 55.1 Å². The van der Waals surface area contributed by atoms with Gasteiger partial charge in [-0.05, 0) is 57.7 Å². The Hall–Kier alpha value is -2.29. The highest BCUT2D eigenvalue weighted by atomic mass is 16.5. The van der Waals surface area contributed by atoms with E-state index in [1.165, 1.54) is 22.2 Å². The Kier molecular flexibility index (Phi) is 4.85. The molecular weight excluding hydrogens is 308 g/mol. The zero-order valence-corrected chi connectivity index (χ0v) is 16.2. The Bertz CT molecular complexity index is 881. The van der Waals surface area contributed by atoms with Crippen molar-refractivity contribution >= 4 is 10.9 Å². The van der Waals surface area contributed by atoms with Gasteiger partial charge in [-0.15, -0.1) is 0 Å². The highest BCUT2D eigenvalue weighted by molar-refractivity contribution is 5.82. The Morgan fingerprint density at radius 1 is 0.960 bits per heavy atom. The minimum absolute atomic E-state index is 0.417. The molecule has 0 aliphatic carbocycles. The lowest BCUT2D eigenvalue weighted by molar-refractivity contribution is 0.382. The van der Waals surface area contributed by atoms with Crippen molar-refractivity contribution in [3.05, 3.63) is 52.8 Å². The smallest absolute Gasteiger partial charge is 0.201 e. The van der Waals surface area contributed by atoms with E-state index in [-0.39, 0.29) is 0 Å². The fraction of sp³-hybridized carbons (Fsp3) is 0.409. The maximum absolute atomic E-state index is 6.47. The van der Waals surface area contributed by atoms with Gasteiger partial charge < -0.3 is 9.30 Å². The highest BCUT2D eigenvalue weighted by Gasteiger charge is 2.18. The van der Waals surface area contributed by atoms with E-state index in [4.69, 9.17) is 4.74 Å². The molecule has 0 fully saturated rings. The number of benzene rings is 1. The summed E-state index contributed by atoms with van der Waals surface area (Å²) < 4.78 is 8.82. The third-order valence-electron chi connectivity index (χ3n) is 4.94. The summed E-state index contributed by atoms with van der Waals surface area (Å²) in [5, 5.41) is 1.13. The van der Waals surface area contributed by atoms with Gasteiger partial charge in [-0.1, -0.05) is 31.5 Å². The zero-order chi connectivity index (χ0) is 18.1. The summed E-state index contributed by atoms with van der Waals surface area (Å²) in [7, 11) is 0. The maximum atomic E-state index is 6.47. The van der Waals surface area contributed by atoms with E-state index in [2.05, 4.69) is 68.4 Å². The van der Waals surface area contributed by atoms with Crippen LogP contribution in [0.15, 0.2) is 30.5 Å². The van der Waals surface area contributed by atoms with Crippen LogP contribution in [0.5, 0.6) is 11.6 Å². The molecule has 3 aromatic rings. The molecule has 2 aromatic heterocycles. The van der Waals surface area contributed by atoms with Crippen LogP contribution in [0.4, 0.5) is 0 Å². The summed E-state index contributed by atoms with van der Waals surface area (Å²) in [5.74, 6) is 1.87. The zero-order valence-electron chi connectivity index (χ0n) is 16.2. The second-order valence-corrected chi connectivity index (χ2v) is 7.04. The van der Waals surface area contributed by atoms with Crippen LogP contribution in [0, 0.1) is 27.7 Å². The molecule has 0 N–H and O–H groups in total. The van der Waals surface area contributed by atoms with E-state index >= 15 is 0 Å².